The minimum atomic E-state index is -0.916. The van der Waals surface area contributed by atoms with Crippen LogP contribution in [-0.2, 0) is 0 Å². The van der Waals surface area contributed by atoms with Gasteiger partial charge in [0.05, 0.1) is 0 Å². The van der Waals surface area contributed by atoms with Crippen molar-refractivity contribution in [3.63, 3.8) is 0 Å². The predicted molar refractivity (Wildman–Crippen MR) is 67.0 cm³/mol. The van der Waals surface area contributed by atoms with Crippen molar-refractivity contribution in [1.29, 1.82) is 0 Å². The van der Waals surface area contributed by atoms with Gasteiger partial charge in [-0.15, -0.1) is 0 Å². The highest BCUT2D eigenvalue weighted by atomic mass is 16.4. The average Bonchev–Trinajstić information content (AvgIpc) is 2.30. The van der Waals surface area contributed by atoms with E-state index in [1.807, 2.05) is 12.1 Å². The molecule has 1 aliphatic carbocycles. The summed E-state index contributed by atoms with van der Waals surface area (Å²) in [6, 6.07) is 8.13. The standard InChI is InChI=1S/C13H18N2O2/c14-11-5-1-9(2-6-11)10-3-7-12(8-4-10)15-13(16)17/h1-2,5-6,10,12,15H,3-4,7-8,14H2,(H,16,17). The van der Waals surface area contributed by atoms with Crippen molar-refractivity contribution in [3.05, 3.63) is 29.8 Å². The normalized spacial score (nSPS) is 24.2. The van der Waals surface area contributed by atoms with Crippen molar-refractivity contribution in [2.45, 2.75) is 37.6 Å². The quantitative estimate of drug-likeness (QED) is 0.688. The number of nitrogen functional groups attached to an aromatic ring is 1. The van der Waals surface area contributed by atoms with Crippen molar-refractivity contribution >= 4 is 11.8 Å². The number of hydrogen-bond donors (Lipinski definition) is 3. The summed E-state index contributed by atoms with van der Waals surface area (Å²) in [7, 11) is 0. The molecule has 0 spiro atoms. The predicted octanol–water partition coefficient (Wildman–Crippen LogP) is 2.56. The number of amides is 1. The fraction of sp³-hybridized carbons (Fsp3) is 0.462. The average molecular weight is 234 g/mol. The van der Waals surface area contributed by atoms with Gasteiger partial charge in [-0.2, -0.15) is 0 Å². The molecule has 1 amide bonds. The van der Waals surface area contributed by atoms with Crippen molar-refractivity contribution in [3.8, 4) is 0 Å². The molecule has 2 rings (SSSR count). The van der Waals surface area contributed by atoms with E-state index in [9.17, 15) is 4.79 Å². The van der Waals surface area contributed by atoms with Gasteiger partial charge in [0.15, 0.2) is 0 Å². The fourth-order valence-electron chi connectivity index (χ4n) is 2.51. The second-order valence-corrected chi connectivity index (χ2v) is 4.66. The molecule has 0 saturated heterocycles. The summed E-state index contributed by atoms with van der Waals surface area (Å²) in [5, 5.41) is 11.2. The van der Waals surface area contributed by atoms with Crippen LogP contribution in [0.2, 0.25) is 0 Å². The van der Waals surface area contributed by atoms with Crippen molar-refractivity contribution in [2.24, 2.45) is 0 Å². The number of benzene rings is 1. The summed E-state index contributed by atoms with van der Waals surface area (Å²) in [6.07, 6.45) is 2.99. The first kappa shape index (κ1) is 11.8. The third kappa shape index (κ3) is 3.12. The van der Waals surface area contributed by atoms with Crippen LogP contribution in [0.15, 0.2) is 24.3 Å². The molecule has 0 unspecified atom stereocenters. The van der Waals surface area contributed by atoms with Gasteiger partial charge in [-0.1, -0.05) is 12.1 Å². The Labute approximate surface area is 101 Å². The van der Waals surface area contributed by atoms with E-state index in [1.165, 1.54) is 5.56 Å². The van der Waals surface area contributed by atoms with Crippen LogP contribution in [0.1, 0.15) is 37.2 Å². The summed E-state index contributed by atoms with van der Waals surface area (Å²) in [5.74, 6) is 0.544. The highest BCUT2D eigenvalue weighted by Gasteiger charge is 2.23. The first-order valence-electron chi connectivity index (χ1n) is 6.00. The number of nitrogens with two attached hydrogens (primary N) is 1. The van der Waals surface area contributed by atoms with E-state index in [0.29, 0.717) is 5.92 Å². The number of nitrogens with one attached hydrogen (secondary N) is 1. The molecule has 0 radical (unpaired) electrons. The Bertz CT molecular complexity index is 381. The first-order valence-corrected chi connectivity index (χ1v) is 6.00. The van der Waals surface area contributed by atoms with Crippen molar-refractivity contribution < 1.29 is 9.90 Å². The van der Waals surface area contributed by atoms with Gasteiger partial charge < -0.3 is 16.2 Å². The van der Waals surface area contributed by atoms with E-state index in [-0.39, 0.29) is 6.04 Å². The van der Waals surface area contributed by atoms with Gasteiger partial charge in [-0.25, -0.2) is 4.79 Å². The van der Waals surface area contributed by atoms with Crippen LogP contribution in [0.25, 0.3) is 0 Å². The Hall–Kier alpha value is -1.71. The second kappa shape index (κ2) is 5.08. The molecule has 0 heterocycles. The summed E-state index contributed by atoms with van der Waals surface area (Å²) in [4.78, 5) is 10.5. The minimum Gasteiger partial charge on any atom is -0.465 e. The number of anilines is 1. The molecule has 1 aliphatic rings. The van der Waals surface area contributed by atoms with Gasteiger partial charge >= 0.3 is 6.09 Å². The zero-order valence-electron chi connectivity index (χ0n) is 9.73. The summed E-state index contributed by atoms with van der Waals surface area (Å²) >= 11 is 0. The third-order valence-corrected chi connectivity index (χ3v) is 3.46. The van der Waals surface area contributed by atoms with Crippen LogP contribution in [-0.4, -0.2) is 17.2 Å². The molecule has 17 heavy (non-hydrogen) atoms. The molecule has 0 bridgehead atoms. The Kier molecular flexibility index (Phi) is 3.52. The van der Waals surface area contributed by atoms with E-state index in [2.05, 4.69) is 17.4 Å². The van der Waals surface area contributed by atoms with E-state index < -0.39 is 6.09 Å². The molecule has 1 aromatic rings. The van der Waals surface area contributed by atoms with Gasteiger partial charge in [-0.05, 0) is 49.3 Å². The summed E-state index contributed by atoms with van der Waals surface area (Å²) < 4.78 is 0. The fourth-order valence-corrected chi connectivity index (χ4v) is 2.51. The van der Waals surface area contributed by atoms with E-state index in [0.717, 1.165) is 31.4 Å². The maximum absolute atomic E-state index is 10.5. The molecule has 4 N–H and O–H groups in total. The van der Waals surface area contributed by atoms with Gasteiger partial charge in [0, 0.05) is 11.7 Å². The molecule has 4 heteroatoms. The lowest BCUT2D eigenvalue weighted by atomic mass is 9.82. The van der Waals surface area contributed by atoms with Crippen molar-refractivity contribution in [2.75, 3.05) is 5.73 Å². The van der Waals surface area contributed by atoms with E-state index in [1.54, 1.807) is 0 Å². The molecular formula is C13H18N2O2. The highest BCUT2D eigenvalue weighted by Crippen LogP contribution is 2.33. The molecule has 0 aromatic heterocycles. The maximum Gasteiger partial charge on any atom is 0.404 e. The molecule has 4 nitrogen and oxygen atoms in total. The van der Waals surface area contributed by atoms with Crippen LogP contribution in [0, 0.1) is 0 Å². The zero-order chi connectivity index (χ0) is 12.3. The zero-order valence-corrected chi connectivity index (χ0v) is 9.73. The molecule has 1 aromatic carbocycles. The van der Waals surface area contributed by atoms with Gasteiger partial charge in [-0.3, -0.25) is 0 Å². The number of hydrogen-bond acceptors (Lipinski definition) is 2. The third-order valence-electron chi connectivity index (χ3n) is 3.46. The number of carbonyl (C=O) groups is 1. The lowest BCUT2D eigenvalue weighted by Crippen LogP contribution is -2.36. The Morgan fingerprint density at radius 1 is 1.18 bits per heavy atom. The molecule has 0 atom stereocenters. The molecule has 1 fully saturated rings. The maximum atomic E-state index is 10.5. The number of rotatable bonds is 2. The largest absolute Gasteiger partial charge is 0.465 e. The molecular weight excluding hydrogens is 216 g/mol. The Balaban J connectivity index is 1.90. The lowest BCUT2D eigenvalue weighted by Gasteiger charge is -2.28. The summed E-state index contributed by atoms with van der Waals surface area (Å²) in [5.41, 5.74) is 7.76. The smallest absolute Gasteiger partial charge is 0.404 e. The molecule has 0 aliphatic heterocycles. The van der Waals surface area contributed by atoms with Crippen LogP contribution in [0.3, 0.4) is 0 Å². The topological polar surface area (TPSA) is 75.3 Å². The van der Waals surface area contributed by atoms with Crippen LogP contribution in [0.4, 0.5) is 10.5 Å². The van der Waals surface area contributed by atoms with Crippen LogP contribution >= 0.6 is 0 Å². The SMILES string of the molecule is Nc1ccc(C2CCC(NC(=O)O)CC2)cc1. The van der Waals surface area contributed by atoms with E-state index >= 15 is 0 Å². The van der Waals surface area contributed by atoms with Gasteiger partial charge in [0.2, 0.25) is 0 Å². The Morgan fingerprint density at radius 2 is 1.76 bits per heavy atom. The van der Waals surface area contributed by atoms with Crippen molar-refractivity contribution in [1.82, 2.24) is 5.32 Å². The number of carboxylic acid groups (broad SMARTS) is 1. The van der Waals surface area contributed by atoms with E-state index in [4.69, 9.17) is 10.8 Å². The molecule has 1 saturated carbocycles. The molecule has 92 valence electrons. The monoisotopic (exact) mass is 234 g/mol. The van der Waals surface area contributed by atoms with Crippen LogP contribution in [0.5, 0.6) is 0 Å². The summed E-state index contributed by atoms with van der Waals surface area (Å²) in [6.45, 7) is 0. The minimum absolute atomic E-state index is 0.123. The first-order chi connectivity index (χ1) is 8.15. The second-order valence-electron chi connectivity index (χ2n) is 4.66. The van der Waals surface area contributed by atoms with Gasteiger partial charge in [0.1, 0.15) is 0 Å². The van der Waals surface area contributed by atoms with Gasteiger partial charge in [0.25, 0.3) is 0 Å². The van der Waals surface area contributed by atoms with Crippen LogP contribution < -0.4 is 11.1 Å². The Morgan fingerprint density at radius 3 is 2.29 bits per heavy atom. The highest BCUT2D eigenvalue weighted by molar-refractivity contribution is 5.64. The lowest BCUT2D eigenvalue weighted by molar-refractivity contribution is 0.185.